The van der Waals surface area contributed by atoms with E-state index in [0.717, 1.165) is 17.5 Å². The van der Waals surface area contributed by atoms with Gasteiger partial charge in [-0.3, -0.25) is 9.78 Å². The topological polar surface area (TPSA) is 80.9 Å². The Labute approximate surface area is 145 Å². The van der Waals surface area contributed by atoms with Crippen LogP contribution in [0.4, 0.5) is 0 Å². The molecule has 0 saturated heterocycles. The molecule has 0 spiro atoms. The minimum atomic E-state index is -0.239. The predicted octanol–water partition coefficient (Wildman–Crippen LogP) is 2.41. The molecule has 3 N–H and O–H groups in total. The lowest BCUT2D eigenvalue weighted by atomic mass is 10.1. The maximum atomic E-state index is 12.5. The SMILES string of the molecule is Cl.N[C@@H]1c2ccccc2C[C@H]1NC(=O)c1cnc2ccccc2n1. The molecule has 5 nitrogen and oxygen atoms in total. The van der Waals surface area contributed by atoms with Crippen molar-refractivity contribution in [3.63, 3.8) is 0 Å². The maximum absolute atomic E-state index is 12.5. The van der Waals surface area contributed by atoms with Crippen LogP contribution in [0.2, 0.25) is 0 Å². The second-order valence-corrected chi connectivity index (χ2v) is 5.75. The zero-order chi connectivity index (χ0) is 15.8. The molecule has 3 aromatic rings. The quantitative estimate of drug-likeness (QED) is 0.750. The Bertz CT molecular complexity index is 899. The van der Waals surface area contributed by atoms with Crippen molar-refractivity contribution >= 4 is 29.3 Å². The van der Waals surface area contributed by atoms with Crippen molar-refractivity contribution < 1.29 is 4.79 Å². The Morgan fingerprint density at radius 1 is 1.08 bits per heavy atom. The number of carbonyl (C=O) groups excluding carboxylic acids is 1. The number of aromatic nitrogens is 2. The Balaban J connectivity index is 0.00000169. The Morgan fingerprint density at radius 3 is 2.58 bits per heavy atom. The summed E-state index contributed by atoms with van der Waals surface area (Å²) in [5.41, 5.74) is 10.3. The van der Waals surface area contributed by atoms with Gasteiger partial charge in [-0.1, -0.05) is 36.4 Å². The summed E-state index contributed by atoms with van der Waals surface area (Å²) in [4.78, 5) is 21.1. The van der Waals surface area contributed by atoms with Gasteiger partial charge in [0.1, 0.15) is 5.69 Å². The van der Waals surface area contributed by atoms with Gasteiger partial charge in [-0.2, -0.15) is 0 Å². The molecule has 0 saturated carbocycles. The van der Waals surface area contributed by atoms with E-state index in [0.29, 0.717) is 11.2 Å². The molecule has 1 amide bonds. The van der Waals surface area contributed by atoms with E-state index in [4.69, 9.17) is 5.73 Å². The fourth-order valence-electron chi connectivity index (χ4n) is 3.08. The van der Waals surface area contributed by atoms with E-state index in [9.17, 15) is 4.79 Å². The number of hydrogen-bond donors (Lipinski definition) is 2. The molecule has 0 fully saturated rings. The van der Waals surface area contributed by atoms with Crippen LogP contribution in [0.25, 0.3) is 11.0 Å². The molecule has 24 heavy (non-hydrogen) atoms. The van der Waals surface area contributed by atoms with Crippen LogP contribution in [0.15, 0.2) is 54.7 Å². The lowest BCUT2D eigenvalue weighted by Gasteiger charge is -2.17. The van der Waals surface area contributed by atoms with Crippen LogP contribution < -0.4 is 11.1 Å². The van der Waals surface area contributed by atoms with Crippen molar-refractivity contribution in [3.05, 3.63) is 71.5 Å². The molecule has 1 aromatic heterocycles. The standard InChI is InChI=1S/C18H16N4O.ClH/c19-17-12-6-2-1-5-11(12)9-15(17)22-18(23)16-10-20-13-7-3-4-8-14(13)21-16;/h1-8,10,15,17H,9,19H2,(H,22,23);1H/t15-,17-;/m1./s1. The van der Waals surface area contributed by atoms with Gasteiger partial charge >= 0.3 is 0 Å². The number of benzene rings is 2. The molecule has 0 radical (unpaired) electrons. The van der Waals surface area contributed by atoms with Crippen LogP contribution in [0.5, 0.6) is 0 Å². The molecular weight excluding hydrogens is 324 g/mol. The van der Waals surface area contributed by atoms with Gasteiger partial charge in [-0.25, -0.2) is 4.98 Å². The van der Waals surface area contributed by atoms with Gasteiger partial charge in [0, 0.05) is 0 Å². The van der Waals surface area contributed by atoms with E-state index < -0.39 is 0 Å². The van der Waals surface area contributed by atoms with Gasteiger partial charge in [0.05, 0.1) is 29.3 Å². The predicted molar refractivity (Wildman–Crippen MR) is 95.1 cm³/mol. The van der Waals surface area contributed by atoms with Crippen molar-refractivity contribution in [1.82, 2.24) is 15.3 Å². The minimum Gasteiger partial charge on any atom is -0.346 e. The Hall–Kier alpha value is -2.50. The zero-order valence-electron chi connectivity index (χ0n) is 12.8. The molecule has 122 valence electrons. The molecule has 1 aliphatic rings. The molecule has 4 rings (SSSR count). The van der Waals surface area contributed by atoms with Crippen LogP contribution in [0, 0.1) is 0 Å². The largest absolute Gasteiger partial charge is 0.346 e. The summed E-state index contributed by atoms with van der Waals surface area (Å²) in [5.74, 6) is -0.239. The first-order chi connectivity index (χ1) is 11.2. The first-order valence-corrected chi connectivity index (χ1v) is 7.58. The van der Waals surface area contributed by atoms with E-state index in [1.165, 1.54) is 11.8 Å². The minimum absolute atomic E-state index is 0. The van der Waals surface area contributed by atoms with Gasteiger partial charge in [0.15, 0.2) is 0 Å². The lowest BCUT2D eigenvalue weighted by molar-refractivity contribution is 0.0928. The summed E-state index contributed by atoms with van der Waals surface area (Å²) < 4.78 is 0. The molecule has 1 heterocycles. The summed E-state index contributed by atoms with van der Waals surface area (Å²) in [6, 6.07) is 15.2. The summed E-state index contributed by atoms with van der Waals surface area (Å²) in [5, 5.41) is 2.99. The number of rotatable bonds is 2. The lowest BCUT2D eigenvalue weighted by Crippen LogP contribution is -2.41. The second-order valence-electron chi connectivity index (χ2n) is 5.75. The first kappa shape index (κ1) is 16.4. The van der Waals surface area contributed by atoms with Crippen LogP contribution in [-0.2, 0) is 6.42 Å². The van der Waals surface area contributed by atoms with Gasteiger partial charge in [0.25, 0.3) is 5.91 Å². The van der Waals surface area contributed by atoms with Crippen molar-refractivity contribution in [3.8, 4) is 0 Å². The van der Waals surface area contributed by atoms with Crippen molar-refractivity contribution in [1.29, 1.82) is 0 Å². The van der Waals surface area contributed by atoms with Crippen LogP contribution in [-0.4, -0.2) is 21.9 Å². The average molecular weight is 341 g/mol. The highest BCUT2D eigenvalue weighted by Crippen LogP contribution is 2.29. The van der Waals surface area contributed by atoms with E-state index in [1.54, 1.807) is 0 Å². The van der Waals surface area contributed by atoms with Crippen molar-refractivity contribution in [2.75, 3.05) is 0 Å². The highest BCUT2D eigenvalue weighted by atomic mass is 35.5. The number of nitrogens with zero attached hydrogens (tertiary/aromatic N) is 2. The van der Waals surface area contributed by atoms with E-state index in [-0.39, 0.29) is 30.4 Å². The van der Waals surface area contributed by atoms with Gasteiger partial charge < -0.3 is 11.1 Å². The molecule has 0 bridgehead atoms. The second kappa shape index (κ2) is 6.55. The fraction of sp³-hybridized carbons (Fsp3) is 0.167. The summed E-state index contributed by atoms with van der Waals surface area (Å²) in [7, 11) is 0. The third kappa shape index (κ3) is 2.84. The highest BCUT2D eigenvalue weighted by Gasteiger charge is 2.30. The third-order valence-corrected chi connectivity index (χ3v) is 4.29. The van der Waals surface area contributed by atoms with E-state index in [1.807, 2.05) is 42.5 Å². The molecule has 0 unspecified atom stereocenters. The highest BCUT2D eigenvalue weighted by molar-refractivity contribution is 5.94. The molecule has 2 aromatic carbocycles. The number of fused-ring (bicyclic) bond motifs is 2. The molecule has 6 heteroatoms. The normalized spacial score (nSPS) is 18.7. The molecule has 0 aliphatic heterocycles. The third-order valence-electron chi connectivity index (χ3n) is 4.29. The number of nitrogens with two attached hydrogens (primary N) is 1. The van der Waals surface area contributed by atoms with Gasteiger partial charge in [0.2, 0.25) is 0 Å². The van der Waals surface area contributed by atoms with Crippen molar-refractivity contribution in [2.45, 2.75) is 18.5 Å². The average Bonchev–Trinajstić information content (AvgIpc) is 2.91. The number of amides is 1. The first-order valence-electron chi connectivity index (χ1n) is 7.58. The summed E-state index contributed by atoms with van der Waals surface area (Å²) in [6.07, 6.45) is 2.25. The zero-order valence-corrected chi connectivity index (χ0v) is 13.7. The van der Waals surface area contributed by atoms with Crippen LogP contribution in [0.1, 0.15) is 27.7 Å². The van der Waals surface area contributed by atoms with E-state index in [2.05, 4.69) is 21.4 Å². The molecular formula is C18H17ClN4O. The summed E-state index contributed by atoms with van der Waals surface area (Å²) in [6.45, 7) is 0. The van der Waals surface area contributed by atoms with Gasteiger partial charge in [-0.15, -0.1) is 12.4 Å². The number of hydrogen-bond acceptors (Lipinski definition) is 4. The Kier molecular flexibility index (Phi) is 4.46. The monoisotopic (exact) mass is 340 g/mol. The number of halogens is 1. The smallest absolute Gasteiger partial charge is 0.271 e. The van der Waals surface area contributed by atoms with Gasteiger partial charge in [-0.05, 0) is 29.7 Å². The van der Waals surface area contributed by atoms with Crippen LogP contribution >= 0.6 is 12.4 Å². The maximum Gasteiger partial charge on any atom is 0.271 e. The summed E-state index contributed by atoms with van der Waals surface area (Å²) >= 11 is 0. The molecule has 1 aliphatic carbocycles. The Morgan fingerprint density at radius 2 is 1.79 bits per heavy atom. The fourth-order valence-corrected chi connectivity index (χ4v) is 3.08. The number of nitrogens with one attached hydrogen (secondary N) is 1. The van der Waals surface area contributed by atoms with E-state index >= 15 is 0 Å². The number of para-hydroxylation sites is 2. The van der Waals surface area contributed by atoms with Crippen LogP contribution in [0.3, 0.4) is 0 Å². The number of carbonyl (C=O) groups is 1. The molecule has 2 atom stereocenters. The van der Waals surface area contributed by atoms with Crippen molar-refractivity contribution in [2.24, 2.45) is 5.73 Å².